The van der Waals surface area contributed by atoms with Gasteiger partial charge in [-0.25, -0.2) is 4.79 Å². The molecule has 2 aliphatic rings. The van der Waals surface area contributed by atoms with Crippen LogP contribution in [-0.2, 0) is 4.74 Å². The number of carbonyl (C=O) groups excluding carboxylic acids is 1. The first-order valence-electron chi connectivity index (χ1n) is 8.39. The minimum absolute atomic E-state index is 0.208. The van der Waals surface area contributed by atoms with Gasteiger partial charge in [-0.3, -0.25) is 4.90 Å². The van der Waals surface area contributed by atoms with Gasteiger partial charge in [0.1, 0.15) is 17.0 Å². The van der Waals surface area contributed by atoms with Gasteiger partial charge < -0.3 is 15.2 Å². The van der Waals surface area contributed by atoms with Crippen molar-refractivity contribution in [3.63, 3.8) is 0 Å². The normalized spacial score (nSPS) is 26.9. The molecular formula is C18H26N2O3. The molecule has 0 aromatic heterocycles. The number of benzene rings is 1. The van der Waals surface area contributed by atoms with Crippen LogP contribution in [0.4, 0.5) is 10.5 Å². The van der Waals surface area contributed by atoms with Crippen LogP contribution in [0.2, 0.25) is 0 Å². The minimum Gasteiger partial charge on any atom is -0.506 e. The van der Waals surface area contributed by atoms with E-state index >= 15 is 0 Å². The van der Waals surface area contributed by atoms with Crippen molar-refractivity contribution in [1.82, 2.24) is 4.90 Å². The van der Waals surface area contributed by atoms with Gasteiger partial charge in [0.25, 0.3) is 0 Å². The van der Waals surface area contributed by atoms with Crippen molar-refractivity contribution in [3.8, 4) is 5.75 Å². The van der Waals surface area contributed by atoms with Gasteiger partial charge in [0.2, 0.25) is 0 Å². The Hall–Kier alpha value is -1.91. The summed E-state index contributed by atoms with van der Waals surface area (Å²) in [6, 6.07) is 7.40. The fourth-order valence-electron chi connectivity index (χ4n) is 3.80. The third-order valence-electron chi connectivity index (χ3n) is 4.71. The van der Waals surface area contributed by atoms with E-state index in [1.165, 1.54) is 0 Å². The van der Waals surface area contributed by atoms with Crippen LogP contribution in [-0.4, -0.2) is 33.4 Å². The van der Waals surface area contributed by atoms with Crippen LogP contribution in [0.3, 0.4) is 0 Å². The molecule has 5 heteroatoms. The maximum absolute atomic E-state index is 12.8. The summed E-state index contributed by atoms with van der Waals surface area (Å²) >= 11 is 0. The molecule has 0 radical (unpaired) electrons. The Morgan fingerprint density at radius 3 is 2.74 bits per heavy atom. The standard InChI is InChI=1S/C18H26N2O3/c1-17(2,3)23-16(22)20-13-7-6-11-18(20,12-10-13)19-14-8-4-5-9-15(14)21/h4-5,8-9,13,19,21H,6-7,10-12H2,1-3H3. The molecule has 5 nitrogen and oxygen atoms in total. The maximum atomic E-state index is 12.8. The summed E-state index contributed by atoms with van der Waals surface area (Å²) in [5, 5.41) is 13.5. The average molecular weight is 318 g/mol. The average Bonchev–Trinajstić information content (AvgIpc) is 2.67. The highest BCUT2D eigenvalue weighted by Gasteiger charge is 2.52. The Kier molecular flexibility index (Phi) is 3.90. The van der Waals surface area contributed by atoms with Crippen LogP contribution >= 0.6 is 0 Å². The first-order chi connectivity index (χ1) is 10.8. The predicted molar refractivity (Wildman–Crippen MR) is 89.4 cm³/mol. The molecule has 1 aromatic rings. The number of ether oxygens (including phenoxy) is 1. The van der Waals surface area contributed by atoms with E-state index in [9.17, 15) is 9.90 Å². The molecule has 126 valence electrons. The maximum Gasteiger partial charge on any atom is 0.412 e. The number of anilines is 1. The highest BCUT2D eigenvalue weighted by atomic mass is 16.6. The van der Waals surface area contributed by atoms with E-state index in [1.807, 2.05) is 37.8 Å². The molecule has 2 unspecified atom stereocenters. The zero-order valence-corrected chi connectivity index (χ0v) is 14.1. The summed E-state index contributed by atoms with van der Waals surface area (Å²) in [5.74, 6) is 0.208. The van der Waals surface area contributed by atoms with E-state index in [2.05, 4.69) is 5.32 Å². The summed E-state index contributed by atoms with van der Waals surface area (Å²) < 4.78 is 5.64. The molecule has 2 fully saturated rings. The van der Waals surface area contributed by atoms with Gasteiger partial charge in [-0.2, -0.15) is 0 Å². The number of hydrogen-bond donors (Lipinski definition) is 2. The summed E-state index contributed by atoms with van der Waals surface area (Å²) in [7, 11) is 0. The number of aromatic hydroxyl groups is 1. The molecule has 2 aliphatic heterocycles. The number of phenols is 1. The lowest BCUT2D eigenvalue weighted by molar-refractivity contribution is -0.00813. The Bertz CT molecular complexity index is 592. The number of rotatable bonds is 2. The van der Waals surface area contributed by atoms with E-state index in [0.717, 1.165) is 32.1 Å². The minimum atomic E-state index is -0.510. The summed E-state index contributed by atoms with van der Waals surface area (Å²) in [6.45, 7) is 5.67. The Morgan fingerprint density at radius 2 is 2.04 bits per heavy atom. The first-order valence-corrected chi connectivity index (χ1v) is 8.39. The molecular weight excluding hydrogens is 292 g/mol. The van der Waals surface area contributed by atoms with Crippen molar-refractivity contribution in [1.29, 1.82) is 0 Å². The number of para-hydroxylation sites is 2. The molecule has 2 atom stereocenters. The number of hydrogen-bond acceptors (Lipinski definition) is 4. The molecule has 3 rings (SSSR count). The van der Waals surface area contributed by atoms with Gasteiger partial charge in [0.15, 0.2) is 0 Å². The topological polar surface area (TPSA) is 61.8 Å². The van der Waals surface area contributed by atoms with Crippen LogP contribution in [0.5, 0.6) is 5.75 Å². The largest absolute Gasteiger partial charge is 0.506 e. The molecule has 23 heavy (non-hydrogen) atoms. The van der Waals surface area contributed by atoms with E-state index in [-0.39, 0.29) is 17.9 Å². The first kappa shape index (κ1) is 16.0. The van der Waals surface area contributed by atoms with Gasteiger partial charge in [-0.05, 0) is 65.0 Å². The second-order valence-corrected chi connectivity index (χ2v) is 7.61. The van der Waals surface area contributed by atoms with Crippen molar-refractivity contribution in [2.45, 2.75) is 70.2 Å². The summed E-state index contributed by atoms with van der Waals surface area (Å²) in [4.78, 5) is 14.6. The van der Waals surface area contributed by atoms with Crippen molar-refractivity contribution in [3.05, 3.63) is 24.3 Å². The quantitative estimate of drug-likeness (QED) is 0.807. The second-order valence-electron chi connectivity index (χ2n) is 7.61. The highest BCUT2D eigenvalue weighted by molar-refractivity contribution is 5.72. The molecule has 1 amide bonds. The Morgan fingerprint density at radius 1 is 1.30 bits per heavy atom. The second kappa shape index (κ2) is 5.62. The number of piperidine rings is 1. The van der Waals surface area contributed by atoms with Crippen LogP contribution in [0.1, 0.15) is 52.9 Å². The fraction of sp³-hybridized carbons (Fsp3) is 0.611. The van der Waals surface area contributed by atoms with Crippen molar-refractivity contribution in [2.24, 2.45) is 0 Å². The Balaban J connectivity index is 1.88. The van der Waals surface area contributed by atoms with Gasteiger partial charge in [0.05, 0.1) is 5.69 Å². The number of fused-ring (bicyclic) bond motifs is 2. The number of carbonyl (C=O) groups is 1. The molecule has 0 aliphatic carbocycles. The van der Waals surface area contributed by atoms with E-state index in [1.54, 1.807) is 12.1 Å². The van der Waals surface area contributed by atoms with E-state index in [4.69, 9.17) is 4.74 Å². The van der Waals surface area contributed by atoms with Gasteiger partial charge in [-0.1, -0.05) is 12.1 Å². The third kappa shape index (κ3) is 3.09. The predicted octanol–water partition coefficient (Wildman–Crippen LogP) is 4.08. The molecule has 2 saturated heterocycles. The number of nitrogens with zero attached hydrogens (tertiary/aromatic N) is 1. The van der Waals surface area contributed by atoms with E-state index in [0.29, 0.717) is 5.69 Å². The van der Waals surface area contributed by atoms with Crippen LogP contribution in [0.15, 0.2) is 24.3 Å². The monoisotopic (exact) mass is 318 g/mol. The van der Waals surface area contributed by atoms with Crippen molar-refractivity contribution < 1.29 is 14.6 Å². The van der Waals surface area contributed by atoms with Gasteiger partial charge in [-0.15, -0.1) is 0 Å². The molecule has 2 heterocycles. The fourth-order valence-corrected chi connectivity index (χ4v) is 3.80. The third-order valence-corrected chi connectivity index (χ3v) is 4.71. The zero-order valence-electron chi connectivity index (χ0n) is 14.1. The highest BCUT2D eigenvalue weighted by Crippen LogP contribution is 2.46. The SMILES string of the molecule is CC(C)(C)OC(=O)N1C2CCCC1(Nc1ccccc1O)CC2. The Labute approximate surface area is 137 Å². The number of amides is 1. The smallest absolute Gasteiger partial charge is 0.412 e. The van der Waals surface area contributed by atoms with E-state index < -0.39 is 11.3 Å². The number of nitrogens with one attached hydrogen (secondary N) is 1. The number of phenolic OH excluding ortho intramolecular Hbond substituents is 1. The van der Waals surface area contributed by atoms with Crippen LogP contribution in [0, 0.1) is 0 Å². The van der Waals surface area contributed by atoms with Crippen molar-refractivity contribution in [2.75, 3.05) is 5.32 Å². The zero-order chi connectivity index (χ0) is 16.7. The van der Waals surface area contributed by atoms with Crippen molar-refractivity contribution >= 4 is 11.8 Å². The molecule has 1 aromatic carbocycles. The van der Waals surface area contributed by atoms with Gasteiger partial charge in [0, 0.05) is 6.04 Å². The molecule has 2 bridgehead atoms. The van der Waals surface area contributed by atoms with Crippen LogP contribution < -0.4 is 5.32 Å². The summed E-state index contributed by atoms with van der Waals surface area (Å²) in [5.41, 5.74) is -0.294. The molecule has 0 saturated carbocycles. The molecule has 2 N–H and O–H groups in total. The summed E-state index contributed by atoms with van der Waals surface area (Å²) in [6.07, 6.45) is 4.55. The van der Waals surface area contributed by atoms with Crippen LogP contribution in [0.25, 0.3) is 0 Å². The lowest BCUT2D eigenvalue weighted by atomic mass is 9.96. The molecule has 0 spiro atoms. The van der Waals surface area contributed by atoms with Gasteiger partial charge >= 0.3 is 6.09 Å². The lowest BCUT2D eigenvalue weighted by Gasteiger charge is -2.45. The lowest BCUT2D eigenvalue weighted by Crippen LogP contribution is -2.58.